The highest BCUT2D eigenvalue weighted by Crippen LogP contribution is 2.23. The van der Waals surface area contributed by atoms with Crippen molar-refractivity contribution < 1.29 is 23.8 Å². The van der Waals surface area contributed by atoms with Crippen LogP contribution in [0.3, 0.4) is 0 Å². The largest absolute Gasteiger partial charge is 0.481 e. The summed E-state index contributed by atoms with van der Waals surface area (Å²) >= 11 is 0. The van der Waals surface area contributed by atoms with Crippen LogP contribution in [0.5, 0.6) is 0 Å². The zero-order valence-corrected chi connectivity index (χ0v) is 8.64. The molecule has 86 valence electrons. The Bertz CT molecular complexity index is 403. The number of carboxylic acids is 1. The fraction of sp³-hybridized carbons (Fsp3) is 0.273. The highest BCUT2D eigenvalue weighted by atomic mass is 19.1. The number of carbonyl (C=O) groups is 2. The minimum Gasteiger partial charge on any atom is -0.481 e. The molecule has 0 bridgehead atoms. The van der Waals surface area contributed by atoms with Gasteiger partial charge in [-0.05, 0) is 6.07 Å². The molecule has 4 nitrogen and oxygen atoms in total. The molecule has 1 N–H and O–H groups in total. The Morgan fingerprint density at radius 1 is 1.44 bits per heavy atom. The molecule has 0 heterocycles. The van der Waals surface area contributed by atoms with Crippen molar-refractivity contribution in [3.05, 3.63) is 35.6 Å². The molecule has 0 aliphatic heterocycles. The average Bonchev–Trinajstić information content (AvgIpc) is 2.26. The minimum atomic E-state index is -1.25. The van der Waals surface area contributed by atoms with Crippen molar-refractivity contribution in [3.8, 4) is 0 Å². The fourth-order valence-corrected chi connectivity index (χ4v) is 1.34. The van der Waals surface area contributed by atoms with Gasteiger partial charge in [0, 0.05) is 5.56 Å². The molecule has 0 radical (unpaired) electrons. The van der Waals surface area contributed by atoms with Crippen LogP contribution in [-0.4, -0.2) is 24.2 Å². The lowest BCUT2D eigenvalue weighted by atomic mass is 9.95. The number of carboxylic acid groups (broad SMARTS) is 1. The number of halogens is 1. The zero-order chi connectivity index (χ0) is 12.1. The Hall–Kier alpha value is -1.91. The van der Waals surface area contributed by atoms with Crippen molar-refractivity contribution in [2.24, 2.45) is 0 Å². The molecule has 16 heavy (non-hydrogen) atoms. The summed E-state index contributed by atoms with van der Waals surface area (Å²) in [6.45, 7) is 0. The van der Waals surface area contributed by atoms with Gasteiger partial charge in [-0.3, -0.25) is 9.59 Å². The highest BCUT2D eigenvalue weighted by Gasteiger charge is 2.26. The summed E-state index contributed by atoms with van der Waals surface area (Å²) in [4.78, 5) is 21.9. The van der Waals surface area contributed by atoms with Crippen LogP contribution in [0.4, 0.5) is 4.39 Å². The molecule has 0 fully saturated rings. The number of carbonyl (C=O) groups excluding carboxylic acids is 1. The van der Waals surface area contributed by atoms with Crippen molar-refractivity contribution in [1.82, 2.24) is 0 Å². The van der Waals surface area contributed by atoms with Gasteiger partial charge in [0.2, 0.25) is 0 Å². The molecule has 0 aliphatic rings. The molecular weight excluding hydrogens is 215 g/mol. The van der Waals surface area contributed by atoms with E-state index in [1.807, 2.05) is 0 Å². The predicted octanol–water partition coefficient (Wildman–Crippen LogP) is 1.56. The Labute approximate surface area is 91.7 Å². The van der Waals surface area contributed by atoms with Gasteiger partial charge in [0.15, 0.2) is 0 Å². The molecule has 0 aliphatic carbocycles. The number of hydrogen-bond donors (Lipinski definition) is 1. The zero-order valence-electron chi connectivity index (χ0n) is 8.64. The summed E-state index contributed by atoms with van der Waals surface area (Å²) in [5.41, 5.74) is -0.0135. The number of benzene rings is 1. The van der Waals surface area contributed by atoms with E-state index in [1.165, 1.54) is 18.2 Å². The van der Waals surface area contributed by atoms with E-state index >= 15 is 0 Å². The summed E-state index contributed by atoms with van der Waals surface area (Å²) in [7, 11) is 1.16. The van der Waals surface area contributed by atoms with Crippen LogP contribution >= 0.6 is 0 Å². The van der Waals surface area contributed by atoms with Crippen LogP contribution in [-0.2, 0) is 14.3 Å². The molecule has 0 aromatic heterocycles. The van der Waals surface area contributed by atoms with Gasteiger partial charge in [-0.15, -0.1) is 0 Å². The van der Waals surface area contributed by atoms with Gasteiger partial charge in [0.1, 0.15) is 5.82 Å². The van der Waals surface area contributed by atoms with Crippen LogP contribution in [0, 0.1) is 5.82 Å². The summed E-state index contributed by atoms with van der Waals surface area (Å²) in [6, 6.07) is 5.47. The summed E-state index contributed by atoms with van der Waals surface area (Å²) in [5, 5.41) is 8.92. The van der Waals surface area contributed by atoms with E-state index in [0.29, 0.717) is 0 Å². The maximum Gasteiger partial charge on any atom is 0.311 e. The van der Waals surface area contributed by atoms with E-state index in [9.17, 15) is 14.0 Å². The number of aliphatic carboxylic acids is 1. The molecule has 1 aromatic carbocycles. The standard InChI is InChI=1S/C11H11FO4/c1-16-10(13)6-8(11(14)15)7-4-2-3-5-9(7)12/h2-5,8H,6H2,1H3,(H,14,15)/t8-/m1/s1. The molecule has 1 rings (SSSR count). The molecule has 5 heteroatoms. The monoisotopic (exact) mass is 226 g/mol. The molecule has 1 atom stereocenters. The molecular formula is C11H11FO4. The number of hydrogen-bond acceptors (Lipinski definition) is 3. The Kier molecular flexibility index (Phi) is 3.99. The van der Waals surface area contributed by atoms with Crippen molar-refractivity contribution in [3.63, 3.8) is 0 Å². The number of esters is 1. The summed E-state index contributed by atoms with van der Waals surface area (Å²) < 4.78 is 17.7. The maximum atomic E-state index is 13.3. The average molecular weight is 226 g/mol. The molecule has 0 amide bonds. The molecule has 0 saturated carbocycles. The van der Waals surface area contributed by atoms with E-state index in [1.54, 1.807) is 0 Å². The first kappa shape index (κ1) is 12.2. The highest BCUT2D eigenvalue weighted by molar-refractivity contribution is 5.83. The maximum absolute atomic E-state index is 13.3. The normalized spacial score (nSPS) is 11.9. The summed E-state index contributed by atoms with van der Waals surface area (Å²) in [5.74, 6) is -3.79. The lowest BCUT2D eigenvalue weighted by Crippen LogP contribution is -2.18. The van der Waals surface area contributed by atoms with Crippen LogP contribution < -0.4 is 0 Å². The van der Waals surface area contributed by atoms with Crippen LogP contribution in [0.2, 0.25) is 0 Å². The Morgan fingerprint density at radius 2 is 2.06 bits per heavy atom. The van der Waals surface area contributed by atoms with Gasteiger partial charge in [-0.1, -0.05) is 18.2 Å². The third-order valence-electron chi connectivity index (χ3n) is 2.18. The van der Waals surface area contributed by atoms with E-state index in [-0.39, 0.29) is 12.0 Å². The second-order valence-corrected chi connectivity index (χ2v) is 3.19. The molecule has 0 saturated heterocycles. The molecule has 0 spiro atoms. The number of methoxy groups -OCH3 is 1. The molecule has 0 unspecified atom stereocenters. The predicted molar refractivity (Wildman–Crippen MR) is 53.4 cm³/mol. The van der Waals surface area contributed by atoms with Crippen molar-refractivity contribution >= 4 is 11.9 Å². The minimum absolute atomic E-state index is 0.0135. The topological polar surface area (TPSA) is 63.6 Å². The second-order valence-electron chi connectivity index (χ2n) is 3.19. The second kappa shape index (κ2) is 5.25. The SMILES string of the molecule is COC(=O)C[C@@H](C(=O)O)c1ccccc1F. The Balaban J connectivity index is 2.99. The van der Waals surface area contributed by atoms with Crippen molar-refractivity contribution in [2.45, 2.75) is 12.3 Å². The first-order chi connectivity index (χ1) is 7.56. The Morgan fingerprint density at radius 3 is 2.56 bits per heavy atom. The van der Waals surface area contributed by atoms with E-state index < -0.39 is 23.7 Å². The van der Waals surface area contributed by atoms with Crippen molar-refractivity contribution in [2.75, 3.05) is 7.11 Å². The lowest BCUT2D eigenvalue weighted by molar-refractivity contribution is -0.147. The van der Waals surface area contributed by atoms with E-state index in [2.05, 4.69) is 4.74 Å². The van der Waals surface area contributed by atoms with Crippen LogP contribution in [0.15, 0.2) is 24.3 Å². The van der Waals surface area contributed by atoms with E-state index in [4.69, 9.17) is 5.11 Å². The first-order valence-corrected chi connectivity index (χ1v) is 4.60. The molecule has 1 aromatic rings. The van der Waals surface area contributed by atoms with E-state index in [0.717, 1.165) is 13.2 Å². The smallest absolute Gasteiger partial charge is 0.311 e. The number of ether oxygens (including phenoxy) is 1. The third-order valence-corrected chi connectivity index (χ3v) is 2.18. The van der Waals surface area contributed by atoms with Crippen LogP contribution in [0.1, 0.15) is 17.9 Å². The van der Waals surface area contributed by atoms with Gasteiger partial charge in [0.25, 0.3) is 0 Å². The van der Waals surface area contributed by atoms with Crippen molar-refractivity contribution in [1.29, 1.82) is 0 Å². The summed E-state index contributed by atoms with van der Waals surface area (Å²) in [6.07, 6.45) is -0.382. The van der Waals surface area contributed by atoms with Gasteiger partial charge in [0.05, 0.1) is 19.4 Å². The fourth-order valence-electron chi connectivity index (χ4n) is 1.34. The van der Waals surface area contributed by atoms with Crippen LogP contribution in [0.25, 0.3) is 0 Å². The van der Waals surface area contributed by atoms with Gasteiger partial charge >= 0.3 is 11.9 Å². The third kappa shape index (κ3) is 2.79. The number of rotatable bonds is 4. The van der Waals surface area contributed by atoms with Gasteiger partial charge in [-0.25, -0.2) is 4.39 Å². The first-order valence-electron chi connectivity index (χ1n) is 4.60. The lowest BCUT2D eigenvalue weighted by Gasteiger charge is -2.11. The van der Waals surface area contributed by atoms with Gasteiger partial charge in [-0.2, -0.15) is 0 Å². The quantitative estimate of drug-likeness (QED) is 0.791. The van der Waals surface area contributed by atoms with Gasteiger partial charge < -0.3 is 9.84 Å².